The topological polar surface area (TPSA) is 74.8 Å². The second-order valence-corrected chi connectivity index (χ2v) is 4.32. The number of carbonyl (C=O) groups is 1. The number of hydrogen-bond donors (Lipinski definition) is 1. The van der Waals surface area contributed by atoms with E-state index in [9.17, 15) is 4.79 Å². The first kappa shape index (κ1) is 10.7. The first-order valence-electron chi connectivity index (χ1n) is 4.68. The third-order valence-electron chi connectivity index (χ3n) is 2.21. The van der Waals surface area contributed by atoms with E-state index in [0.717, 1.165) is 10.6 Å². The van der Waals surface area contributed by atoms with Crippen LogP contribution in [0.1, 0.15) is 21.1 Å². The molecular formula is C9H11N5OS. The Morgan fingerprint density at radius 1 is 1.62 bits per heavy atom. The summed E-state index contributed by atoms with van der Waals surface area (Å²) in [6.45, 7) is 2.47. The summed E-state index contributed by atoms with van der Waals surface area (Å²) in [6.07, 6.45) is 1.42. The summed E-state index contributed by atoms with van der Waals surface area (Å²) in [5.74, 6) is -0.151. The number of thiazole rings is 1. The lowest BCUT2D eigenvalue weighted by molar-refractivity contribution is 0.0780. The summed E-state index contributed by atoms with van der Waals surface area (Å²) >= 11 is 1.54. The van der Waals surface area contributed by atoms with Gasteiger partial charge in [0.25, 0.3) is 5.91 Å². The summed E-state index contributed by atoms with van der Waals surface area (Å²) in [6, 6.07) is 0. The lowest BCUT2D eigenvalue weighted by Crippen LogP contribution is -2.26. The number of aromatic amines is 1. The van der Waals surface area contributed by atoms with Crippen LogP contribution in [0, 0.1) is 6.92 Å². The molecule has 6 nitrogen and oxygen atoms in total. The maximum Gasteiger partial charge on any atom is 0.276 e. The van der Waals surface area contributed by atoms with Crippen LogP contribution < -0.4 is 0 Å². The number of nitrogens with one attached hydrogen (secondary N) is 1. The molecule has 0 radical (unpaired) electrons. The van der Waals surface area contributed by atoms with Crippen molar-refractivity contribution in [2.24, 2.45) is 0 Å². The van der Waals surface area contributed by atoms with E-state index in [1.807, 2.05) is 6.92 Å². The fourth-order valence-electron chi connectivity index (χ4n) is 1.27. The number of H-pyrrole nitrogens is 1. The third-order valence-corrected chi connectivity index (χ3v) is 3.13. The average molecular weight is 237 g/mol. The van der Waals surface area contributed by atoms with Crippen molar-refractivity contribution in [3.05, 3.63) is 28.0 Å². The lowest BCUT2D eigenvalue weighted by atomic mass is 10.3. The van der Waals surface area contributed by atoms with E-state index in [-0.39, 0.29) is 5.91 Å². The van der Waals surface area contributed by atoms with E-state index in [4.69, 9.17) is 0 Å². The number of hydrogen-bond acceptors (Lipinski definition) is 5. The van der Waals surface area contributed by atoms with Crippen LogP contribution in [-0.4, -0.2) is 38.2 Å². The summed E-state index contributed by atoms with van der Waals surface area (Å²) < 4.78 is 0. The molecule has 2 heterocycles. The molecule has 16 heavy (non-hydrogen) atoms. The van der Waals surface area contributed by atoms with Gasteiger partial charge in [0, 0.05) is 11.9 Å². The first-order valence-corrected chi connectivity index (χ1v) is 5.56. The van der Waals surface area contributed by atoms with Crippen LogP contribution in [0.4, 0.5) is 0 Å². The maximum atomic E-state index is 11.8. The molecule has 2 rings (SSSR count). The van der Waals surface area contributed by atoms with Gasteiger partial charge < -0.3 is 4.90 Å². The summed E-state index contributed by atoms with van der Waals surface area (Å²) in [5, 5.41) is 9.77. The minimum atomic E-state index is -0.151. The van der Waals surface area contributed by atoms with E-state index in [2.05, 4.69) is 20.4 Å². The number of aryl methyl sites for hydroxylation is 1. The second kappa shape index (κ2) is 4.40. The Hall–Kier alpha value is -1.76. The largest absolute Gasteiger partial charge is 0.335 e. The molecule has 7 heteroatoms. The standard InChI is InChI=1S/C9H11N5OS/c1-6-8(16-5-10-6)4-14(2)9(15)7-3-11-13-12-7/h3,5H,4H2,1-2H3,(H,11,12,13). The van der Waals surface area contributed by atoms with E-state index in [1.165, 1.54) is 6.20 Å². The van der Waals surface area contributed by atoms with Crippen molar-refractivity contribution < 1.29 is 4.79 Å². The van der Waals surface area contributed by atoms with E-state index >= 15 is 0 Å². The Morgan fingerprint density at radius 3 is 3.00 bits per heavy atom. The highest BCUT2D eigenvalue weighted by Crippen LogP contribution is 2.14. The fraction of sp³-hybridized carbons (Fsp3) is 0.333. The molecule has 0 aliphatic carbocycles. The molecule has 0 aromatic carbocycles. The van der Waals surface area contributed by atoms with Crippen LogP contribution in [0.2, 0.25) is 0 Å². The predicted molar refractivity (Wildman–Crippen MR) is 59.0 cm³/mol. The molecule has 0 bridgehead atoms. The molecule has 0 saturated carbocycles. The van der Waals surface area contributed by atoms with Gasteiger partial charge in [0.05, 0.1) is 23.9 Å². The van der Waals surface area contributed by atoms with Gasteiger partial charge in [-0.15, -0.1) is 11.3 Å². The van der Waals surface area contributed by atoms with Crippen LogP contribution in [0.15, 0.2) is 11.7 Å². The van der Waals surface area contributed by atoms with Crippen LogP contribution in [-0.2, 0) is 6.54 Å². The Kier molecular flexibility index (Phi) is 2.95. The van der Waals surface area contributed by atoms with E-state index < -0.39 is 0 Å². The summed E-state index contributed by atoms with van der Waals surface area (Å²) in [5.41, 5.74) is 3.06. The van der Waals surface area contributed by atoms with Gasteiger partial charge >= 0.3 is 0 Å². The Balaban J connectivity index is 2.07. The molecule has 0 atom stereocenters. The van der Waals surface area contributed by atoms with Crippen molar-refractivity contribution in [1.82, 2.24) is 25.3 Å². The number of carbonyl (C=O) groups excluding carboxylic acids is 1. The van der Waals surface area contributed by atoms with Crippen molar-refractivity contribution in [3.63, 3.8) is 0 Å². The van der Waals surface area contributed by atoms with Crippen LogP contribution in [0.25, 0.3) is 0 Å². The van der Waals surface area contributed by atoms with Crippen molar-refractivity contribution in [2.45, 2.75) is 13.5 Å². The van der Waals surface area contributed by atoms with Gasteiger partial charge in [-0.3, -0.25) is 4.79 Å². The minimum absolute atomic E-state index is 0.151. The van der Waals surface area contributed by atoms with Gasteiger partial charge in [0.2, 0.25) is 0 Å². The molecule has 0 unspecified atom stereocenters. The first-order chi connectivity index (χ1) is 7.68. The third kappa shape index (κ3) is 2.08. The van der Waals surface area contributed by atoms with Gasteiger partial charge in [0.1, 0.15) is 0 Å². The van der Waals surface area contributed by atoms with Gasteiger partial charge in [-0.1, -0.05) is 0 Å². The molecule has 0 aliphatic heterocycles. The van der Waals surface area contributed by atoms with Gasteiger partial charge in [0.15, 0.2) is 5.69 Å². The fourth-order valence-corrected chi connectivity index (χ4v) is 2.09. The van der Waals surface area contributed by atoms with Crippen LogP contribution >= 0.6 is 11.3 Å². The number of rotatable bonds is 3. The zero-order valence-electron chi connectivity index (χ0n) is 8.97. The molecule has 0 aliphatic rings. The molecule has 1 amide bonds. The van der Waals surface area contributed by atoms with Crippen molar-refractivity contribution >= 4 is 17.2 Å². The quantitative estimate of drug-likeness (QED) is 0.858. The molecule has 0 saturated heterocycles. The second-order valence-electron chi connectivity index (χ2n) is 3.38. The Morgan fingerprint density at radius 2 is 2.44 bits per heavy atom. The lowest BCUT2D eigenvalue weighted by Gasteiger charge is -2.14. The average Bonchev–Trinajstić information content (AvgIpc) is 2.89. The molecule has 84 valence electrons. The maximum absolute atomic E-state index is 11.8. The number of amides is 1. The van der Waals surface area contributed by atoms with Crippen LogP contribution in [0.3, 0.4) is 0 Å². The minimum Gasteiger partial charge on any atom is -0.335 e. The van der Waals surface area contributed by atoms with Gasteiger partial charge in [-0.2, -0.15) is 15.4 Å². The Bertz CT molecular complexity index is 478. The normalized spacial score (nSPS) is 10.4. The molecule has 1 N–H and O–H groups in total. The van der Waals surface area contributed by atoms with Crippen molar-refractivity contribution in [1.29, 1.82) is 0 Å². The summed E-state index contributed by atoms with van der Waals surface area (Å²) in [7, 11) is 1.73. The highest BCUT2D eigenvalue weighted by atomic mass is 32.1. The number of aromatic nitrogens is 4. The molecular weight excluding hydrogens is 226 g/mol. The molecule has 2 aromatic rings. The van der Waals surface area contributed by atoms with Gasteiger partial charge in [-0.05, 0) is 6.92 Å². The smallest absolute Gasteiger partial charge is 0.276 e. The molecule has 2 aromatic heterocycles. The zero-order valence-corrected chi connectivity index (χ0v) is 9.78. The molecule has 0 spiro atoms. The zero-order chi connectivity index (χ0) is 11.5. The van der Waals surface area contributed by atoms with E-state index in [0.29, 0.717) is 12.2 Å². The van der Waals surface area contributed by atoms with Crippen LogP contribution in [0.5, 0.6) is 0 Å². The van der Waals surface area contributed by atoms with Crippen molar-refractivity contribution in [3.8, 4) is 0 Å². The highest BCUT2D eigenvalue weighted by Gasteiger charge is 2.15. The summed E-state index contributed by atoms with van der Waals surface area (Å²) in [4.78, 5) is 18.6. The number of nitrogens with zero attached hydrogens (tertiary/aromatic N) is 4. The predicted octanol–water partition coefficient (Wildman–Crippen LogP) is 0.842. The van der Waals surface area contributed by atoms with E-state index in [1.54, 1.807) is 28.8 Å². The Labute approximate surface area is 96.3 Å². The SMILES string of the molecule is Cc1ncsc1CN(C)C(=O)c1cn[nH]n1. The monoisotopic (exact) mass is 237 g/mol. The highest BCUT2D eigenvalue weighted by molar-refractivity contribution is 7.09. The van der Waals surface area contributed by atoms with Crippen molar-refractivity contribution in [2.75, 3.05) is 7.05 Å². The molecule has 0 fully saturated rings. The van der Waals surface area contributed by atoms with Gasteiger partial charge in [-0.25, -0.2) is 4.98 Å².